The number of amides is 2. The molecule has 6 nitrogen and oxygen atoms in total. The van der Waals surface area contributed by atoms with Crippen LogP contribution in [-0.4, -0.2) is 20.2 Å². The summed E-state index contributed by atoms with van der Waals surface area (Å²) in [4.78, 5) is 25.1. The molecule has 0 spiro atoms. The Labute approximate surface area is 172 Å². The van der Waals surface area contributed by atoms with Crippen LogP contribution < -0.4 is 10.5 Å². The first-order valence-corrected chi connectivity index (χ1v) is 11.2. The lowest BCUT2D eigenvalue weighted by Crippen LogP contribution is -2.51. The van der Waals surface area contributed by atoms with E-state index in [0.717, 1.165) is 10.8 Å². The second-order valence-corrected chi connectivity index (χ2v) is 8.99. The molecule has 0 bridgehead atoms. The van der Waals surface area contributed by atoms with Crippen LogP contribution in [0, 0.1) is 5.41 Å². The predicted molar refractivity (Wildman–Crippen MR) is 115 cm³/mol. The van der Waals surface area contributed by atoms with E-state index in [9.17, 15) is 18.0 Å². The van der Waals surface area contributed by atoms with Gasteiger partial charge in [-0.05, 0) is 35.2 Å². The van der Waals surface area contributed by atoms with Crippen LogP contribution in [0.25, 0.3) is 10.8 Å². The Kier molecular flexibility index (Phi) is 7.19. The Morgan fingerprint density at radius 3 is 2.21 bits per heavy atom. The molecule has 2 amide bonds. The third-order valence-corrected chi connectivity index (χ3v) is 6.75. The number of benzene rings is 2. The third kappa shape index (κ3) is 4.67. The molecule has 0 aliphatic heterocycles. The molecule has 2 aromatic carbocycles. The van der Waals surface area contributed by atoms with Crippen molar-refractivity contribution in [2.24, 2.45) is 11.1 Å². The van der Waals surface area contributed by atoms with Gasteiger partial charge in [-0.3, -0.25) is 14.3 Å². The maximum absolute atomic E-state index is 13.0. The van der Waals surface area contributed by atoms with Crippen LogP contribution in [0.2, 0.25) is 0 Å². The van der Waals surface area contributed by atoms with Gasteiger partial charge in [0, 0.05) is 0 Å². The quantitative estimate of drug-likeness (QED) is 0.456. The first-order valence-electron chi connectivity index (χ1n) is 9.69. The van der Waals surface area contributed by atoms with Crippen LogP contribution in [0.5, 0.6) is 0 Å². The highest BCUT2D eigenvalue weighted by molar-refractivity contribution is 7.90. The molecule has 0 heterocycles. The lowest BCUT2D eigenvalue weighted by molar-refractivity contribution is -0.141. The average molecular weight is 417 g/mol. The third-order valence-electron chi connectivity index (χ3n) is 5.15. The van der Waals surface area contributed by atoms with Crippen LogP contribution in [0.4, 0.5) is 0 Å². The van der Waals surface area contributed by atoms with Crippen LogP contribution in [-0.2, 0) is 19.6 Å². The fourth-order valence-electron chi connectivity index (χ4n) is 3.68. The van der Waals surface area contributed by atoms with Gasteiger partial charge in [0.2, 0.25) is 21.8 Å². The lowest BCUT2D eigenvalue weighted by atomic mass is 9.78. The van der Waals surface area contributed by atoms with Gasteiger partial charge in [0.05, 0.1) is 0 Å². The van der Waals surface area contributed by atoms with E-state index in [1.165, 1.54) is 6.08 Å². The van der Waals surface area contributed by atoms with Gasteiger partial charge in [0.15, 0.2) is 0 Å². The number of nitrogens with one attached hydrogen (secondary N) is 1. The van der Waals surface area contributed by atoms with Crippen molar-refractivity contribution >= 4 is 32.6 Å². The summed E-state index contributed by atoms with van der Waals surface area (Å²) in [5.41, 5.74) is 4.46. The topological polar surface area (TPSA) is 106 Å². The summed E-state index contributed by atoms with van der Waals surface area (Å²) < 4.78 is 28.2. The van der Waals surface area contributed by atoms with Crippen molar-refractivity contribution in [2.75, 3.05) is 0 Å². The minimum atomic E-state index is -4.17. The Hall–Kier alpha value is -2.67. The molecule has 2 aromatic rings. The van der Waals surface area contributed by atoms with Gasteiger partial charge in [-0.25, -0.2) is 8.42 Å². The molecular formula is C22H28N2O4S. The van der Waals surface area contributed by atoms with E-state index in [0.29, 0.717) is 18.4 Å². The normalized spacial score (nSPS) is 13.0. The van der Waals surface area contributed by atoms with Crippen molar-refractivity contribution < 1.29 is 18.0 Å². The molecule has 0 aliphatic rings. The van der Waals surface area contributed by atoms with Crippen molar-refractivity contribution in [3.05, 3.63) is 60.7 Å². The molecule has 3 N–H and O–H groups in total. The number of primary amides is 1. The summed E-state index contributed by atoms with van der Waals surface area (Å²) in [6.07, 6.45) is 2.68. The van der Waals surface area contributed by atoms with E-state index >= 15 is 0 Å². The molecule has 0 saturated carbocycles. The number of carbonyl (C=O) groups is 2. The summed E-state index contributed by atoms with van der Waals surface area (Å²) in [7, 11) is -4.17. The van der Waals surface area contributed by atoms with Gasteiger partial charge in [-0.2, -0.15) is 0 Å². The number of rotatable bonds is 10. The van der Waals surface area contributed by atoms with E-state index in [2.05, 4.69) is 11.3 Å². The Balaban J connectivity index is 2.41. The Morgan fingerprint density at radius 2 is 1.69 bits per heavy atom. The van der Waals surface area contributed by atoms with Crippen molar-refractivity contribution in [1.82, 2.24) is 4.72 Å². The average Bonchev–Trinajstić information content (AvgIpc) is 2.67. The summed E-state index contributed by atoms with van der Waals surface area (Å²) in [5, 5.41) is 0.700. The van der Waals surface area contributed by atoms with Crippen molar-refractivity contribution in [3.8, 4) is 0 Å². The zero-order chi connectivity index (χ0) is 21.7. The van der Waals surface area contributed by atoms with E-state index in [4.69, 9.17) is 5.73 Å². The summed E-state index contributed by atoms with van der Waals surface area (Å²) in [6.45, 7) is 7.27. The van der Waals surface area contributed by atoms with Gasteiger partial charge in [-0.15, -0.1) is 6.58 Å². The molecular weight excluding hydrogens is 388 g/mol. The minimum absolute atomic E-state index is 0.187. The number of nitrogens with two attached hydrogens (primary N) is 1. The SMILES string of the molecule is C=CC(c1ccc2ccccc2c1)S(=O)(=O)NC(=O)C(CCC)(CCC)C(N)=O. The van der Waals surface area contributed by atoms with Gasteiger partial charge in [0.1, 0.15) is 10.7 Å². The number of hydrogen-bond donors (Lipinski definition) is 2. The second kappa shape index (κ2) is 9.22. The van der Waals surface area contributed by atoms with Crippen LogP contribution in [0.1, 0.15) is 50.3 Å². The Bertz CT molecular complexity index is 1010. The molecule has 0 fully saturated rings. The lowest BCUT2D eigenvalue weighted by Gasteiger charge is -2.29. The molecule has 2 rings (SSSR count). The predicted octanol–water partition coefficient (Wildman–Crippen LogP) is 3.58. The highest BCUT2D eigenvalue weighted by atomic mass is 32.2. The smallest absolute Gasteiger partial charge is 0.249 e. The molecule has 1 unspecified atom stereocenters. The molecule has 0 saturated heterocycles. The zero-order valence-corrected chi connectivity index (χ0v) is 17.7. The molecule has 1 atom stereocenters. The first-order chi connectivity index (χ1) is 13.7. The van der Waals surface area contributed by atoms with E-state index in [1.807, 2.05) is 44.2 Å². The summed E-state index contributed by atoms with van der Waals surface area (Å²) in [5.74, 6) is -1.68. The van der Waals surface area contributed by atoms with Gasteiger partial charge in [-0.1, -0.05) is 69.2 Å². The zero-order valence-electron chi connectivity index (χ0n) is 16.9. The standard InChI is InChI=1S/C22H28N2O4S/c1-4-13-22(14-5-2,20(23)25)21(26)24-29(27,28)19(6-3)18-12-11-16-9-7-8-10-17(16)15-18/h6-12,15,19H,3-5,13-14H2,1-2H3,(H2,23,25)(H,24,26). The van der Waals surface area contributed by atoms with Crippen LogP contribution in [0.15, 0.2) is 55.1 Å². The fraction of sp³-hybridized carbons (Fsp3) is 0.364. The van der Waals surface area contributed by atoms with E-state index < -0.39 is 32.5 Å². The maximum Gasteiger partial charge on any atom is 0.249 e. The number of carbonyl (C=O) groups excluding carboxylic acids is 2. The molecule has 7 heteroatoms. The largest absolute Gasteiger partial charge is 0.369 e. The van der Waals surface area contributed by atoms with Gasteiger partial charge >= 0.3 is 0 Å². The minimum Gasteiger partial charge on any atom is -0.369 e. The fourth-order valence-corrected chi connectivity index (χ4v) is 5.02. The number of sulfonamides is 1. The summed E-state index contributed by atoms with van der Waals surface area (Å²) >= 11 is 0. The summed E-state index contributed by atoms with van der Waals surface area (Å²) in [6, 6.07) is 12.8. The van der Waals surface area contributed by atoms with E-state index in [-0.39, 0.29) is 12.8 Å². The monoisotopic (exact) mass is 416 g/mol. The van der Waals surface area contributed by atoms with E-state index in [1.54, 1.807) is 12.1 Å². The number of fused-ring (bicyclic) bond motifs is 1. The molecule has 156 valence electrons. The number of hydrogen-bond acceptors (Lipinski definition) is 4. The van der Waals surface area contributed by atoms with Crippen molar-refractivity contribution in [2.45, 2.75) is 44.8 Å². The molecule has 0 aliphatic carbocycles. The molecule has 0 aromatic heterocycles. The van der Waals surface area contributed by atoms with Gasteiger partial charge < -0.3 is 5.73 Å². The molecule has 29 heavy (non-hydrogen) atoms. The van der Waals surface area contributed by atoms with Gasteiger partial charge in [0.25, 0.3) is 0 Å². The molecule has 0 radical (unpaired) electrons. The second-order valence-electron chi connectivity index (χ2n) is 7.19. The Morgan fingerprint density at radius 1 is 1.10 bits per heavy atom. The van der Waals surface area contributed by atoms with Crippen molar-refractivity contribution in [3.63, 3.8) is 0 Å². The van der Waals surface area contributed by atoms with Crippen molar-refractivity contribution in [1.29, 1.82) is 0 Å². The first kappa shape index (κ1) is 22.6. The maximum atomic E-state index is 13.0. The van der Waals surface area contributed by atoms with Crippen LogP contribution in [0.3, 0.4) is 0 Å². The highest BCUT2D eigenvalue weighted by Crippen LogP contribution is 2.32. The highest BCUT2D eigenvalue weighted by Gasteiger charge is 2.45. The van der Waals surface area contributed by atoms with Crippen LogP contribution >= 0.6 is 0 Å².